The Morgan fingerprint density at radius 2 is 2.27 bits per heavy atom. The minimum Gasteiger partial charge on any atom is -0.395 e. The molecule has 0 saturated heterocycles. The molecule has 0 aromatic rings. The number of hydrogen-bond donors (Lipinski definition) is 1. The zero-order valence-electron chi connectivity index (χ0n) is 6.92. The van der Waals surface area contributed by atoms with E-state index in [1.54, 1.807) is 0 Å². The SMILES string of the molecule is CN(CCO)CC(=O)C1CC1. The quantitative estimate of drug-likeness (QED) is 0.605. The van der Waals surface area contributed by atoms with Crippen molar-refractivity contribution in [3.63, 3.8) is 0 Å². The molecule has 0 aromatic heterocycles. The van der Waals surface area contributed by atoms with Gasteiger partial charge < -0.3 is 5.11 Å². The first-order chi connectivity index (χ1) is 5.24. The molecule has 0 heterocycles. The summed E-state index contributed by atoms with van der Waals surface area (Å²) in [4.78, 5) is 13.0. The summed E-state index contributed by atoms with van der Waals surface area (Å²) in [5.41, 5.74) is 0. The fraction of sp³-hybridized carbons (Fsp3) is 0.875. The van der Waals surface area contributed by atoms with Gasteiger partial charge in [-0.3, -0.25) is 9.69 Å². The number of nitrogens with zero attached hydrogens (tertiary/aromatic N) is 1. The summed E-state index contributed by atoms with van der Waals surface area (Å²) in [6.07, 6.45) is 2.15. The Balaban J connectivity index is 2.12. The zero-order valence-corrected chi connectivity index (χ0v) is 6.92. The van der Waals surface area contributed by atoms with E-state index >= 15 is 0 Å². The maximum Gasteiger partial charge on any atom is 0.149 e. The molecule has 1 aliphatic rings. The number of carbonyl (C=O) groups is 1. The van der Waals surface area contributed by atoms with Crippen molar-refractivity contribution in [3.05, 3.63) is 0 Å². The van der Waals surface area contributed by atoms with E-state index < -0.39 is 0 Å². The summed E-state index contributed by atoms with van der Waals surface area (Å²) in [6.45, 7) is 1.23. The number of aliphatic hydroxyl groups excluding tert-OH is 1. The van der Waals surface area contributed by atoms with Gasteiger partial charge in [-0.05, 0) is 19.9 Å². The Bertz CT molecular complexity index is 143. The number of rotatable bonds is 5. The predicted molar refractivity (Wildman–Crippen MR) is 42.3 cm³/mol. The van der Waals surface area contributed by atoms with Crippen LogP contribution in [0, 0.1) is 5.92 Å². The third kappa shape index (κ3) is 2.99. The standard InChI is InChI=1S/C8H15NO2/c1-9(4-5-10)6-8(11)7-2-3-7/h7,10H,2-6H2,1H3. The van der Waals surface area contributed by atoms with Gasteiger partial charge >= 0.3 is 0 Å². The first-order valence-corrected chi connectivity index (χ1v) is 4.06. The third-order valence-corrected chi connectivity index (χ3v) is 1.94. The van der Waals surface area contributed by atoms with Gasteiger partial charge in [-0.25, -0.2) is 0 Å². The van der Waals surface area contributed by atoms with Crippen LogP contribution >= 0.6 is 0 Å². The van der Waals surface area contributed by atoms with Crippen LogP contribution in [0.2, 0.25) is 0 Å². The minimum atomic E-state index is 0.133. The van der Waals surface area contributed by atoms with Crippen molar-refractivity contribution < 1.29 is 9.90 Å². The molecule has 0 bridgehead atoms. The highest BCUT2D eigenvalue weighted by molar-refractivity contribution is 5.84. The largest absolute Gasteiger partial charge is 0.395 e. The molecule has 0 atom stereocenters. The van der Waals surface area contributed by atoms with Crippen LogP contribution in [0.3, 0.4) is 0 Å². The second-order valence-electron chi connectivity index (χ2n) is 3.20. The van der Waals surface area contributed by atoms with Gasteiger partial charge in [-0.2, -0.15) is 0 Å². The molecular weight excluding hydrogens is 142 g/mol. The lowest BCUT2D eigenvalue weighted by molar-refractivity contribution is -0.121. The minimum absolute atomic E-state index is 0.133. The van der Waals surface area contributed by atoms with Crippen LogP contribution in [0.5, 0.6) is 0 Å². The molecule has 0 aromatic carbocycles. The first kappa shape index (κ1) is 8.68. The lowest BCUT2D eigenvalue weighted by atomic mass is 10.2. The maximum absolute atomic E-state index is 11.2. The van der Waals surface area contributed by atoms with Crippen molar-refractivity contribution in [3.8, 4) is 0 Å². The van der Waals surface area contributed by atoms with E-state index in [0.717, 1.165) is 12.8 Å². The Hall–Kier alpha value is -0.410. The van der Waals surface area contributed by atoms with E-state index in [2.05, 4.69) is 0 Å². The summed E-state index contributed by atoms with van der Waals surface area (Å²) in [5, 5.41) is 8.55. The number of ketones is 1. The van der Waals surface area contributed by atoms with Crippen molar-refractivity contribution in [2.24, 2.45) is 5.92 Å². The second kappa shape index (κ2) is 3.83. The molecule has 64 valence electrons. The molecule has 0 unspecified atom stereocenters. The molecule has 0 radical (unpaired) electrons. The summed E-state index contributed by atoms with van der Waals surface area (Å²) in [7, 11) is 1.86. The average Bonchev–Trinajstić information content (AvgIpc) is 2.67. The van der Waals surface area contributed by atoms with Gasteiger partial charge in [-0.15, -0.1) is 0 Å². The Kier molecular flexibility index (Phi) is 3.02. The molecule has 0 spiro atoms. The molecular formula is C8H15NO2. The highest BCUT2D eigenvalue weighted by Crippen LogP contribution is 2.29. The van der Waals surface area contributed by atoms with Gasteiger partial charge in [-0.1, -0.05) is 0 Å². The number of aliphatic hydroxyl groups is 1. The Morgan fingerprint density at radius 3 is 2.73 bits per heavy atom. The summed E-state index contributed by atoms with van der Waals surface area (Å²) in [6, 6.07) is 0. The van der Waals surface area contributed by atoms with E-state index in [-0.39, 0.29) is 6.61 Å². The van der Waals surface area contributed by atoms with Gasteiger partial charge in [0.2, 0.25) is 0 Å². The number of likely N-dealkylation sites (N-methyl/N-ethyl adjacent to an activating group) is 1. The van der Waals surface area contributed by atoms with Crippen molar-refractivity contribution >= 4 is 5.78 Å². The molecule has 1 aliphatic carbocycles. The van der Waals surface area contributed by atoms with Crippen molar-refractivity contribution in [1.82, 2.24) is 4.90 Å². The highest BCUT2D eigenvalue weighted by Gasteiger charge is 2.29. The molecule has 1 fully saturated rings. The van der Waals surface area contributed by atoms with E-state index in [9.17, 15) is 4.79 Å². The fourth-order valence-electron chi connectivity index (χ4n) is 1.05. The maximum atomic E-state index is 11.2. The molecule has 1 saturated carbocycles. The number of carbonyl (C=O) groups excluding carboxylic acids is 1. The monoisotopic (exact) mass is 157 g/mol. The van der Waals surface area contributed by atoms with Gasteiger partial charge in [0.15, 0.2) is 0 Å². The smallest absolute Gasteiger partial charge is 0.149 e. The van der Waals surface area contributed by atoms with Crippen LogP contribution in [0.15, 0.2) is 0 Å². The highest BCUT2D eigenvalue weighted by atomic mass is 16.3. The predicted octanol–water partition coefficient (Wildman–Crippen LogP) is -0.110. The number of hydrogen-bond acceptors (Lipinski definition) is 3. The fourth-order valence-corrected chi connectivity index (χ4v) is 1.05. The Morgan fingerprint density at radius 1 is 1.64 bits per heavy atom. The first-order valence-electron chi connectivity index (χ1n) is 4.06. The zero-order chi connectivity index (χ0) is 8.27. The average molecular weight is 157 g/mol. The van der Waals surface area contributed by atoms with E-state index in [1.807, 2.05) is 11.9 Å². The van der Waals surface area contributed by atoms with Gasteiger partial charge in [0, 0.05) is 12.5 Å². The van der Waals surface area contributed by atoms with Crippen LogP contribution < -0.4 is 0 Å². The molecule has 3 heteroatoms. The topological polar surface area (TPSA) is 40.5 Å². The lowest BCUT2D eigenvalue weighted by Gasteiger charge is -2.12. The summed E-state index contributed by atoms with van der Waals surface area (Å²) in [5.74, 6) is 0.678. The van der Waals surface area contributed by atoms with Crippen molar-refractivity contribution in [2.45, 2.75) is 12.8 Å². The van der Waals surface area contributed by atoms with E-state index in [1.165, 1.54) is 0 Å². The molecule has 0 aliphatic heterocycles. The van der Waals surface area contributed by atoms with Gasteiger partial charge in [0.05, 0.1) is 13.2 Å². The number of Topliss-reactive ketones (excluding diaryl/α,β-unsaturated/α-hetero) is 1. The van der Waals surface area contributed by atoms with E-state index in [4.69, 9.17) is 5.11 Å². The van der Waals surface area contributed by atoms with Crippen LogP contribution in [-0.4, -0.2) is 42.5 Å². The molecule has 1 rings (SSSR count). The Labute approximate surface area is 67.0 Å². The summed E-state index contributed by atoms with van der Waals surface area (Å²) < 4.78 is 0. The van der Waals surface area contributed by atoms with Crippen LogP contribution in [0.4, 0.5) is 0 Å². The lowest BCUT2D eigenvalue weighted by Crippen LogP contribution is -2.29. The molecule has 0 amide bonds. The van der Waals surface area contributed by atoms with Crippen LogP contribution in [-0.2, 0) is 4.79 Å². The third-order valence-electron chi connectivity index (χ3n) is 1.94. The van der Waals surface area contributed by atoms with Crippen LogP contribution in [0.25, 0.3) is 0 Å². The van der Waals surface area contributed by atoms with E-state index in [0.29, 0.717) is 24.8 Å². The van der Waals surface area contributed by atoms with Crippen molar-refractivity contribution in [1.29, 1.82) is 0 Å². The second-order valence-corrected chi connectivity index (χ2v) is 3.20. The van der Waals surface area contributed by atoms with Gasteiger partial charge in [0.25, 0.3) is 0 Å². The normalized spacial score (nSPS) is 17.4. The molecule has 3 nitrogen and oxygen atoms in total. The van der Waals surface area contributed by atoms with Crippen LogP contribution in [0.1, 0.15) is 12.8 Å². The molecule has 1 N–H and O–H groups in total. The van der Waals surface area contributed by atoms with Gasteiger partial charge in [0.1, 0.15) is 5.78 Å². The molecule has 11 heavy (non-hydrogen) atoms. The summed E-state index contributed by atoms with van der Waals surface area (Å²) >= 11 is 0. The van der Waals surface area contributed by atoms with Crippen molar-refractivity contribution in [2.75, 3.05) is 26.7 Å².